The standard InChI is InChI=1S/C21H23F2N3O5/c1-12-8-16(14-10-13(22)4-5-18(14)25(27)28)21(31-7-6-24(2)3)17(9-12)15-11-19(20(15)23)26(29)30/h4-5,8-10,15,19-20H,6-7,11H2,1-3H3/t15?,19?,20-/m1/s1. The highest BCUT2D eigenvalue weighted by Crippen LogP contribution is 2.49. The molecule has 0 N–H and O–H groups in total. The van der Waals surface area contributed by atoms with Gasteiger partial charge in [-0.1, -0.05) is 6.07 Å². The minimum absolute atomic E-state index is 0.00759. The van der Waals surface area contributed by atoms with Crippen molar-refractivity contribution in [1.82, 2.24) is 4.90 Å². The number of hydrogen-bond donors (Lipinski definition) is 0. The van der Waals surface area contributed by atoms with Crippen molar-refractivity contribution in [2.24, 2.45) is 0 Å². The number of rotatable bonds is 8. The van der Waals surface area contributed by atoms with E-state index in [2.05, 4.69) is 0 Å². The van der Waals surface area contributed by atoms with Crippen LogP contribution in [0.1, 0.15) is 23.5 Å². The molecule has 31 heavy (non-hydrogen) atoms. The number of nitro groups is 2. The van der Waals surface area contributed by atoms with E-state index in [1.54, 1.807) is 19.1 Å². The third kappa shape index (κ3) is 4.63. The van der Waals surface area contributed by atoms with Crippen LogP contribution in [0.15, 0.2) is 30.3 Å². The smallest absolute Gasteiger partial charge is 0.277 e. The second-order valence-electron chi connectivity index (χ2n) is 7.94. The van der Waals surface area contributed by atoms with Crippen LogP contribution in [-0.2, 0) is 0 Å². The molecular weight excluding hydrogens is 412 g/mol. The van der Waals surface area contributed by atoms with Crippen molar-refractivity contribution in [1.29, 1.82) is 0 Å². The Morgan fingerprint density at radius 2 is 1.87 bits per heavy atom. The minimum atomic E-state index is -1.71. The average Bonchev–Trinajstić information content (AvgIpc) is 2.67. The number of nitro benzene ring substituents is 1. The van der Waals surface area contributed by atoms with Gasteiger partial charge in [-0.2, -0.15) is 0 Å². The van der Waals surface area contributed by atoms with Crippen molar-refractivity contribution in [3.05, 3.63) is 67.5 Å². The lowest BCUT2D eigenvalue weighted by molar-refractivity contribution is -0.548. The number of nitrogens with zero attached hydrogens (tertiary/aromatic N) is 3. The zero-order valence-corrected chi connectivity index (χ0v) is 17.4. The predicted molar refractivity (Wildman–Crippen MR) is 110 cm³/mol. The van der Waals surface area contributed by atoms with Gasteiger partial charge in [0.05, 0.1) is 10.5 Å². The fraction of sp³-hybridized carbons (Fsp3) is 0.429. The van der Waals surface area contributed by atoms with E-state index in [4.69, 9.17) is 4.74 Å². The van der Waals surface area contributed by atoms with Gasteiger partial charge in [0.25, 0.3) is 5.69 Å². The second kappa shape index (κ2) is 8.93. The first-order chi connectivity index (χ1) is 14.6. The van der Waals surface area contributed by atoms with Crippen LogP contribution >= 0.6 is 0 Å². The maximum atomic E-state index is 14.7. The van der Waals surface area contributed by atoms with E-state index in [0.717, 1.165) is 18.2 Å². The summed E-state index contributed by atoms with van der Waals surface area (Å²) in [5.41, 5.74) is 1.01. The topological polar surface area (TPSA) is 98.8 Å². The van der Waals surface area contributed by atoms with E-state index in [0.29, 0.717) is 17.7 Å². The van der Waals surface area contributed by atoms with Crippen LogP contribution < -0.4 is 4.74 Å². The Morgan fingerprint density at radius 3 is 2.45 bits per heavy atom. The molecule has 1 saturated carbocycles. The number of likely N-dealkylation sites (N-methyl/N-ethyl adjacent to an activating group) is 1. The van der Waals surface area contributed by atoms with E-state index in [1.165, 1.54) is 0 Å². The Balaban J connectivity index is 2.15. The fourth-order valence-corrected chi connectivity index (χ4v) is 3.74. The summed E-state index contributed by atoms with van der Waals surface area (Å²) >= 11 is 0. The minimum Gasteiger partial charge on any atom is -0.491 e. The van der Waals surface area contributed by atoms with Crippen LogP contribution in [0.5, 0.6) is 5.75 Å². The van der Waals surface area contributed by atoms with Crippen LogP contribution in [0.3, 0.4) is 0 Å². The molecule has 1 aliphatic carbocycles. The molecule has 3 rings (SSSR count). The van der Waals surface area contributed by atoms with E-state index in [9.17, 15) is 29.0 Å². The van der Waals surface area contributed by atoms with Crippen molar-refractivity contribution < 1.29 is 23.4 Å². The Morgan fingerprint density at radius 1 is 1.16 bits per heavy atom. The van der Waals surface area contributed by atoms with Gasteiger partial charge in [-0.05, 0) is 44.8 Å². The van der Waals surface area contributed by atoms with Crippen LogP contribution in [0.4, 0.5) is 14.5 Å². The van der Waals surface area contributed by atoms with E-state index in [1.807, 2.05) is 19.0 Å². The molecule has 3 atom stereocenters. The summed E-state index contributed by atoms with van der Waals surface area (Å²) in [4.78, 5) is 23.2. The first kappa shape index (κ1) is 22.5. The molecule has 166 valence electrons. The first-order valence-corrected chi connectivity index (χ1v) is 9.74. The zero-order chi connectivity index (χ0) is 22.9. The molecule has 1 aliphatic rings. The molecule has 0 saturated heterocycles. The van der Waals surface area contributed by atoms with E-state index < -0.39 is 33.8 Å². The average molecular weight is 435 g/mol. The van der Waals surface area contributed by atoms with Crippen molar-refractivity contribution in [3.8, 4) is 16.9 Å². The molecular formula is C21H23F2N3O5. The molecule has 0 radical (unpaired) electrons. The summed E-state index contributed by atoms with van der Waals surface area (Å²) in [7, 11) is 3.67. The number of halogens is 2. The van der Waals surface area contributed by atoms with Crippen LogP contribution in [0.25, 0.3) is 11.1 Å². The Labute approximate surface area is 177 Å². The highest BCUT2D eigenvalue weighted by molar-refractivity contribution is 5.80. The van der Waals surface area contributed by atoms with Gasteiger partial charge in [0.1, 0.15) is 18.2 Å². The van der Waals surface area contributed by atoms with Gasteiger partial charge >= 0.3 is 0 Å². The Kier molecular flexibility index (Phi) is 6.49. The second-order valence-corrected chi connectivity index (χ2v) is 7.94. The highest BCUT2D eigenvalue weighted by atomic mass is 19.1. The number of hydrogen-bond acceptors (Lipinski definition) is 6. The zero-order valence-electron chi connectivity index (χ0n) is 17.4. The number of benzene rings is 2. The Hall–Kier alpha value is -3.14. The molecule has 0 aromatic heterocycles. The molecule has 0 amide bonds. The van der Waals surface area contributed by atoms with Crippen molar-refractivity contribution in [2.45, 2.75) is 31.5 Å². The SMILES string of the molecule is Cc1cc(-c2cc(F)ccc2[N+](=O)[O-])c(OCCN(C)C)c(C2CC([N+](=O)[O-])[C@@H]2F)c1. The molecule has 0 bridgehead atoms. The van der Waals surface area contributed by atoms with Gasteiger partial charge in [-0.15, -0.1) is 0 Å². The monoisotopic (exact) mass is 435 g/mol. The normalized spacial score (nSPS) is 20.4. The summed E-state index contributed by atoms with van der Waals surface area (Å²) in [6.45, 7) is 2.43. The lowest BCUT2D eigenvalue weighted by atomic mass is 9.73. The van der Waals surface area contributed by atoms with Gasteiger partial charge in [0.2, 0.25) is 6.04 Å². The molecule has 8 nitrogen and oxygen atoms in total. The maximum Gasteiger partial charge on any atom is 0.277 e. The summed E-state index contributed by atoms with van der Waals surface area (Å²) in [5, 5.41) is 22.6. The largest absolute Gasteiger partial charge is 0.491 e. The third-order valence-electron chi connectivity index (χ3n) is 5.41. The molecule has 10 heteroatoms. The summed E-state index contributed by atoms with van der Waals surface area (Å²) < 4.78 is 34.6. The van der Waals surface area contributed by atoms with Crippen LogP contribution in [0, 0.1) is 33.0 Å². The van der Waals surface area contributed by atoms with Gasteiger partial charge in [0, 0.05) is 41.0 Å². The van der Waals surface area contributed by atoms with Gasteiger partial charge < -0.3 is 9.64 Å². The molecule has 2 aromatic rings. The quantitative estimate of drug-likeness (QED) is 0.457. The van der Waals surface area contributed by atoms with Gasteiger partial charge in [0.15, 0.2) is 6.17 Å². The van der Waals surface area contributed by atoms with Crippen molar-refractivity contribution in [3.63, 3.8) is 0 Å². The molecule has 0 aliphatic heterocycles. The summed E-state index contributed by atoms with van der Waals surface area (Å²) in [6, 6.07) is 5.10. The van der Waals surface area contributed by atoms with Crippen molar-refractivity contribution >= 4 is 5.69 Å². The van der Waals surface area contributed by atoms with Crippen LogP contribution in [0.2, 0.25) is 0 Å². The summed E-state index contributed by atoms with van der Waals surface area (Å²) in [6.07, 6.45) is -1.71. The van der Waals surface area contributed by atoms with E-state index in [-0.39, 0.29) is 35.6 Å². The van der Waals surface area contributed by atoms with Gasteiger partial charge in [-0.3, -0.25) is 20.2 Å². The van der Waals surface area contributed by atoms with Gasteiger partial charge in [-0.25, -0.2) is 8.78 Å². The fourth-order valence-electron chi connectivity index (χ4n) is 3.74. The lowest BCUT2D eigenvalue weighted by Crippen LogP contribution is -2.46. The number of aryl methyl sites for hydroxylation is 1. The summed E-state index contributed by atoms with van der Waals surface area (Å²) in [5.74, 6) is -1.25. The maximum absolute atomic E-state index is 14.7. The molecule has 1 fully saturated rings. The molecule has 0 spiro atoms. The van der Waals surface area contributed by atoms with Crippen molar-refractivity contribution in [2.75, 3.05) is 27.2 Å². The third-order valence-corrected chi connectivity index (χ3v) is 5.41. The highest BCUT2D eigenvalue weighted by Gasteiger charge is 2.52. The van der Waals surface area contributed by atoms with E-state index >= 15 is 0 Å². The molecule has 0 heterocycles. The molecule has 2 unspecified atom stereocenters. The first-order valence-electron chi connectivity index (χ1n) is 9.74. The number of ether oxygens (including phenoxy) is 1. The predicted octanol–water partition coefficient (Wildman–Crippen LogP) is 4.12. The lowest BCUT2D eigenvalue weighted by Gasteiger charge is -2.35. The van der Waals surface area contributed by atoms with Crippen LogP contribution in [-0.4, -0.2) is 54.2 Å². The Bertz CT molecular complexity index is 1010. The number of alkyl halides is 1. The molecule has 2 aromatic carbocycles.